The highest BCUT2D eigenvalue weighted by Crippen LogP contribution is 2.29. The number of thiazole rings is 1. The van der Waals surface area contributed by atoms with Crippen LogP contribution in [0.1, 0.15) is 42.8 Å². The van der Waals surface area contributed by atoms with Crippen LogP contribution in [0.4, 0.5) is 0 Å². The summed E-state index contributed by atoms with van der Waals surface area (Å²) in [6.07, 6.45) is 4.12. The van der Waals surface area contributed by atoms with Crippen molar-refractivity contribution in [1.29, 1.82) is 0 Å². The van der Waals surface area contributed by atoms with E-state index in [0.717, 1.165) is 12.8 Å². The van der Waals surface area contributed by atoms with Crippen LogP contribution >= 0.6 is 11.3 Å². The van der Waals surface area contributed by atoms with Crippen LogP contribution < -0.4 is 0 Å². The molecule has 18 heavy (non-hydrogen) atoms. The van der Waals surface area contributed by atoms with Crippen LogP contribution in [-0.2, 0) is 12.8 Å². The predicted molar refractivity (Wildman–Crippen MR) is 79.2 cm³/mol. The molecule has 0 amide bonds. The smallest absolute Gasteiger partial charge is 0.0961 e. The van der Waals surface area contributed by atoms with Crippen molar-refractivity contribution in [2.75, 3.05) is 0 Å². The zero-order valence-corrected chi connectivity index (χ0v) is 12.2. The van der Waals surface area contributed by atoms with Gasteiger partial charge in [-0.1, -0.05) is 45.0 Å². The fraction of sp³-hybridized carbons (Fsp3) is 0.438. The molecule has 96 valence electrons. The van der Waals surface area contributed by atoms with Gasteiger partial charge in [-0.05, 0) is 29.9 Å². The Morgan fingerprint density at radius 2 is 1.78 bits per heavy atom. The molecule has 1 nitrogen and oxygen atoms in total. The fourth-order valence-corrected chi connectivity index (χ4v) is 3.10. The lowest BCUT2D eigenvalue weighted by Gasteiger charge is -2.18. The number of aryl methyl sites for hydroxylation is 1. The third-order valence-corrected chi connectivity index (χ3v) is 4.37. The van der Waals surface area contributed by atoms with E-state index < -0.39 is 0 Å². The molecule has 0 saturated heterocycles. The summed E-state index contributed by atoms with van der Waals surface area (Å²) in [7, 11) is 0. The molecule has 0 aliphatic heterocycles. The summed E-state index contributed by atoms with van der Waals surface area (Å²) in [5, 5.41) is 3.34. The normalized spacial score (nSPS) is 12.9. The molecule has 0 N–H and O–H groups in total. The topological polar surface area (TPSA) is 12.9 Å². The molecule has 1 heterocycles. The molecule has 0 bridgehead atoms. The van der Waals surface area contributed by atoms with Gasteiger partial charge in [-0.15, -0.1) is 11.3 Å². The molecular formula is C16H21NS. The lowest BCUT2D eigenvalue weighted by molar-refractivity contribution is 0.493. The number of benzene rings is 1. The van der Waals surface area contributed by atoms with E-state index in [1.165, 1.54) is 16.1 Å². The van der Waals surface area contributed by atoms with Crippen LogP contribution in [0.5, 0.6) is 0 Å². The zero-order valence-electron chi connectivity index (χ0n) is 11.4. The summed E-state index contributed by atoms with van der Waals surface area (Å²) < 4.78 is 0. The zero-order chi connectivity index (χ0) is 13.0. The summed E-state index contributed by atoms with van der Waals surface area (Å²) >= 11 is 1.78. The molecule has 0 saturated carbocycles. The highest BCUT2D eigenvalue weighted by Gasteiger charge is 2.18. The lowest BCUT2D eigenvalue weighted by atomic mass is 9.89. The third kappa shape index (κ3) is 3.20. The van der Waals surface area contributed by atoms with E-state index in [4.69, 9.17) is 0 Å². The standard InChI is InChI=1S/C16H21NS/c1-4-13-5-7-14(8-6-13)11-15(12(2)3)16-17-9-10-18-16/h5-10,12,15H,4,11H2,1-3H3. The highest BCUT2D eigenvalue weighted by molar-refractivity contribution is 7.09. The Kier molecular flexibility index (Phi) is 4.54. The fourth-order valence-electron chi connectivity index (χ4n) is 2.19. The number of rotatable bonds is 5. The SMILES string of the molecule is CCc1ccc(CC(c2nccs2)C(C)C)cc1. The van der Waals surface area contributed by atoms with Crippen LogP contribution in [0.25, 0.3) is 0 Å². The van der Waals surface area contributed by atoms with E-state index in [-0.39, 0.29) is 0 Å². The number of nitrogens with zero attached hydrogens (tertiary/aromatic N) is 1. The molecule has 2 rings (SSSR count). The molecule has 0 aliphatic rings. The number of hydrogen-bond acceptors (Lipinski definition) is 2. The molecule has 0 radical (unpaired) electrons. The summed E-state index contributed by atoms with van der Waals surface area (Å²) in [4.78, 5) is 4.49. The molecule has 1 unspecified atom stereocenters. The Hall–Kier alpha value is -1.15. The van der Waals surface area contributed by atoms with Gasteiger partial charge in [0.15, 0.2) is 0 Å². The Bertz CT molecular complexity index is 456. The first-order chi connectivity index (χ1) is 8.70. The molecule has 0 aliphatic carbocycles. The Morgan fingerprint density at radius 1 is 1.11 bits per heavy atom. The maximum absolute atomic E-state index is 4.49. The maximum atomic E-state index is 4.49. The summed E-state index contributed by atoms with van der Waals surface area (Å²) in [5.74, 6) is 1.17. The van der Waals surface area contributed by atoms with E-state index in [1.54, 1.807) is 11.3 Å². The first-order valence-electron chi connectivity index (χ1n) is 6.68. The van der Waals surface area contributed by atoms with Crippen LogP contribution in [0.2, 0.25) is 0 Å². The maximum Gasteiger partial charge on any atom is 0.0961 e. The van der Waals surface area contributed by atoms with Gasteiger partial charge in [0.2, 0.25) is 0 Å². The van der Waals surface area contributed by atoms with E-state index >= 15 is 0 Å². The predicted octanol–water partition coefficient (Wildman–Crippen LogP) is 4.69. The van der Waals surface area contributed by atoms with Gasteiger partial charge in [-0.25, -0.2) is 4.98 Å². The van der Waals surface area contributed by atoms with Crippen molar-refractivity contribution in [2.24, 2.45) is 5.92 Å². The van der Waals surface area contributed by atoms with Gasteiger partial charge in [0.25, 0.3) is 0 Å². The molecule has 1 aromatic heterocycles. The summed E-state index contributed by atoms with van der Waals surface area (Å²) in [6.45, 7) is 6.76. The van der Waals surface area contributed by atoms with Gasteiger partial charge >= 0.3 is 0 Å². The van der Waals surface area contributed by atoms with Gasteiger partial charge in [0.05, 0.1) is 5.01 Å². The van der Waals surface area contributed by atoms with Crippen molar-refractivity contribution in [3.05, 3.63) is 52.0 Å². The van der Waals surface area contributed by atoms with Crippen molar-refractivity contribution in [2.45, 2.75) is 39.5 Å². The molecule has 2 aromatic rings. The minimum absolute atomic E-state index is 0.539. The van der Waals surface area contributed by atoms with Gasteiger partial charge in [0.1, 0.15) is 0 Å². The second-order valence-corrected chi connectivity index (χ2v) is 6.02. The molecule has 1 atom stereocenters. The molecule has 0 fully saturated rings. The lowest BCUT2D eigenvalue weighted by Crippen LogP contribution is -2.09. The Labute approximate surface area is 114 Å². The van der Waals surface area contributed by atoms with E-state index in [9.17, 15) is 0 Å². The van der Waals surface area contributed by atoms with E-state index in [1.807, 2.05) is 6.20 Å². The van der Waals surface area contributed by atoms with Crippen LogP contribution in [0.3, 0.4) is 0 Å². The number of aromatic nitrogens is 1. The van der Waals surface area contributed by atoms with E-state index in [0.29, 0.717) is 11.8 Å². The van der Waals surface area contributed by atoms with Gasteiger partial charge < -0.3 is 0 Å². The summed E-state index contributed by atoms with van der Waals surface area (Å²) in [6, 6.07) is 9.02. The molecule has 1 aromatic carbocycles. The molecule has 2 heteroatoms. The quantitative estimate of drug-likeness (QED) is 0.759. The van der Waals surface area contributed by atoms with Crippen molar-refractivity contribution in [3.63, 3.8) is 0 Å². The van der Waals surface area contributed by atoms with Crippen LogP contribution in [-0.4, -0.2) is 4.98 Å². The van der Waals surface area contributed by atoms with Crippen molar-refractivity contribution >= 4 is 11.3 Å². The van der Waals surface area contributed by atoms with Gasteiger partial charge in [-0.3, -0.25) is 0 Å². The van der Waals surface area contributed by atoms with Crippen molar-refractivity contribution in [3.8, 4) is 0 Å². The monoisotopic (exact) mass is 259 g/mol. The summed E-state index contributed by atoms with van der Waals surface area (Å²) in [5.41, 5.74) is 2.83. The van der Waals surface area contributed by atoms with Crippen molar-refractivity contribution in [1.82, 2.24) is 4.98 Å². The van der Waals surface area contributed by atoms with Crippen molar-refractivity contribution < 1.29 is 0 Å². The Balaban J connectivity index is 2.13. The van der Waals surface area contributed by atoms with Crippen LogP contribution in [0.15, 0.2) is 35.8 Å². The van der Waals surface area contributed by atoms with Crippen LogP contribution in [0, 0.1) is 5.92 Å². The third-order valence-electron chi connectivity index (χ3n) is 3.46. The average molecular weight is 259 g/mol. The minimum Gasteiger partial charge on any atom is -0.249 e. The highest BCUT2D eigenvalue weighted by atomic mass is 32.1. The Morgan fingerprint density at radius 3 is 2.28 bits per heavy atom. The molecule has 0 spiro atoms. The van der Waals surface area contributed by atoms with E-state index in [2.05, 4.69) is 55.4 Å². The molecular weight excluding hydrogens is 238 g/mol. The average Bonchev–Trinajstić information content (AvgIpc) is 2.90. The largest absolute Gasteiger partial charge is 0.249 e. The second kappa shape index (κ2) is 6.14. The first kappa shape index (κ1) is 13.3. The number of hydrogen-bond donors (Lipinski definition) is 0. The van der Waals surface area contributed by atoms with Gasteiger partial charge in [-0.2, -0.15) is 0 Å². The van der Waals surface area contributed by atoms with Gasteiger partial charge in [0, 0.05) is 17.5 Å². The minimum atomic E-state index is 0.539. The second-order valence-electron chi connectivity index (χ2n) is 5.10. The first-order valence-corrected chi connectivity index (χ1v) is 7.56.